The van der Waals surface area contributed by atoms with Gasteiger partial charge in [0.1, 0.15) is 0 Å². The molecule has 0 aliphatic heterocycles. The number of hydrogen-bond acceptors (Lipinski definition) is 5. The Morgan fingerprint density at radius 2 is 2.11 bits per heavy atom. The maximum Gasteiger partial charge on any atom is 0.304 e. The summed E-state index contributed by atoms with van der Waals surface area (Å²) < 4.78 is 25.6. The Morgan fingerprint density at radius 1 is 1.47 bits per heavy atom. The van der Waals surface area contributed by atoms with Crippen LogP contribution in [-0.2, 0) is 14.8 Å². The Hall–Kier alpha value is -1.71. The second-order valence-corrected chi connectivity index (χ2v) is 5.58. The van der Waals surface area contributed by atoms with Crippen LogP contribution in [0.5, 0.6) is 0 Å². The first kappa shape index (κ1) is 15.3. The normalized spacial score (nSPS) is 11.2. The maximum absolute atomic E-state index is 11.8. The molecule has 19 heavy (non-hydrogen) atoms. The molecule has 2 N–H and O–H groups in total. The van der Waals surface area contributed by atoms with Gasteiger partial charge in [0, 0.05) is 17.6 Å². The predicted octanol–water partition coefficient (Wildman–Crippen LogP) is 1.00. The van der Waals surface area contributed by atoms with Crippen molar-refractivity contribution in [2.45, 2.75) is 11.3 Å². The van der Waals surface area contributed by atoms with E-state index in [1.165, 1.54) is 6.07 Å². The van der Waals surface area contributed by atoms with Crippen molar-refractivity contribution >= 4 is 33.3 Å². The summed E-state index contributed by atoms with van der Waals surface area (Å²) in [5.74, 6) is -1.19. The highest BCUT2D eigenvalue weighted by atomic mass is 35.5. The molecule has 1 rings (SSSR count). The molecule has 10 heteroatoms. The second-order valence-electron chi connectivity index (χ2n) is 3.41. The minimum atomic E-state index is -4.16. The molecule has 0 radical (unpaired) electrons. The van der Waals surface area contributed by atoms with E-state index in [2.05, 4.69) is 0 Å². The van der Waals surface area contributed by atoms with Gasteiger partial charge >= 0.3 is 5.97 Å². The van der Waals surface area contributed by atoms with Crippen molar-refractivity contribution < 1.29 is 23.2 Å². The third kappa shape index (κ3) is 4.16. The van der Waals surface area contributed by atoms with Crippen molar-refractivity contribution in [1.29, 1.82) is 0 Å². The van der Waals surface area contributed by atoms with E-state index in [0.29, 0.717) is 0 Å². The monoisotopic (exact) mass is 308 g/mol. The van der Waals surface area contributed by atoms with Crippen LogP contribution < -0.4 is 4.72 Å². The van der Waals surface area contributed by atoms with Crippen LogP contribution in [0.4, 0.5) is 5.69 Å². The number of carboxylic acid groups (broad SMARTS) is 1. The van der Waals surface area contributed by atoms with Crippen molar-refractivity contribution in [2.24, 2.45) is 0 Å². The van der Waals surface area contributed by atoms with Crippen LogP contribution in [0.1, 0.15) is 6.42 Å². The SMILES string of the molecule is O=C(O)CCNS(=O)(=O)c1ccc(Cl)cc1[N+](=O)[O-]. The topological polar surface area (TPSA) is 127 Å². The van der Waals surface area contributed by atoms with Crippen LogP contribution in [0.25, 0.3) is 0 Å². The molecule has 0 bridgehead atoms. The lowest BCUT2D eigenvalue weighted by molar-refractivity contribution is -0.387. The molecule has 0 amide bonds. The highest BCUT2D eigenvalue weighted by Gasteiger charge is 2.25. The number of nitrogens with one attached hydrogen (secondary N) is 1. The van der Waals surface area contributed by atoms with E-state index in [1.54, 1.807) is 0 Å². The third-order valence-corrected chi connectivity index (χ3v) is 3.78. The quantitative estimate of drug-likeness (QED) is 0.596. The fourth-order valence-electron chi connectivity index (χ4n) is 1.23. The minimum Gasteiger partial charge on any atom is -0.481 e. The number of sulfonamides is 1. The summed E-state index contributed by atoms with van der Waals surface area (Å²) in [4.78, 5) is 19.6. The summed E-state index contributed by atoms with van der Waals surface area (Å²) >= 11 is 5.56. The number of aliphatic carboxylic acids is 1. The number of carbonyl (C=O) groups is 1. The van der Waals surface area contributed by atoms with Crippen LogP contribution in [0, 0.1) is 10.1 Å². The zero-order chi connectivity index (χ0) is 14.6. The van der Waals surface area contributed by atoms with Gasteiger partial charge in [-0.05, 0) is 12.1 Å². The first-order chi connectivity index (χ1) is 8.74. The Morgan fingerprint density at radius 3 is 2.63 bits per heavy atom. The molecule has 104 valence electrons. The van der Waals surface area contributed by atoms with Gasteiger partial charge in [-0.3, -0.25) is 14.9 Å². The molecule has 0 unspecified atom stereocenters. The maximum atomic E-state index is 11.8. The van der Waals surface area contributed by atoms with Gasteiger partial charge in [0.15, 0.2) is 4.90 Å². The van der Waals surface area contributed by atoms with Crippen LogP contribution in [0.15, 0.2) is 23.1 Å². The van der Waals surface area contributed by atoms with Gasteiger partial charge in [-0.2, -0.15) is 0 Å². The summed E-state index contributed by atoms with van der Waals surface area (Å²) in [6.07, 6.45) is -0.430. The van der Waals surface area contributed by atoms with Gasteiger partial charge < -0.3 is 5.11 Å². The smallest absolute Gasteiger partial charge is 0.304 e. The largest absolute Gasteiger partial charge is 0.481 e. The number of rotatable bonds is 6. The van der Waals surface area contributed by atoms with Crippen molar-refractivity contribution in [2.75, 3.05) is 6.54 Å². The van der Waals surface area contributed by atoms with Crippen LogP contribution in [0.2, 0.25) is 5.02 Å². The first-order valence-electron chi connectivity index (χ1n) is 4.89. The summed E-state index contributed by atoms with van der Waals surface area (Å²) in [5.41, 5.74) is -0.671. The first-order valence-corrected chi connectivity index (χ1v) is 6.75. The number of nitrogens with zero attached hydrogens (tertiary/aromatic N) is 1. The van der Waals surface area contributed by atoms with E-state index in [0.717, 1.165) is 12.1 Å². The van der Waals surface area contributed by atoms with E-state index < -0.39 is 37.9 Å². The molecule has 0 atom stereocenters. The van der Waals surface area contributed by atoms with E-state index in [9.17, 15) is 23.3 Å². The number of carboxylic acids is 1. The standard InChI is InChI=1S/C9H9ClN2O6S/c10-6-1-2-8(7(5-6)12(15)16)19(17,18)11-4-3-9(13)14/h1-2,5,11H,3-4H2,(H,13,14). The molecule has 0 heterocycles. The average Bonchev–Trinajstić information content (AvgIpc) is 2.27. The molecule has 0 spiro atoms. The van der Waals surface area contributed by atoms with Gasteiger partial charge in [-0.1, -0.05) is 11.6 Å². The van der Waals surface area contributed by atoms with Crippen LogP contribution >= 0.6 is 11.6 Å². The fraction of sp³-hybridized carbons (Fsp3) is 0.222. The molecular weight excluding hydrogens is 300 g/mol. The molecule has 0 fully saturated rings. The molecule has 0 aromatic heterocycles. The van der Waals surface area contributed by atoms with Gasteiger partial charge in [-0.25, -0.2) is 13.1 Å². The summed E-state index contributed by atoms with van der Waals surface area (Å²) in [6.45, 7) is -0.364. The Balaban J connectivity index is 3.07. The highest BCUT2D eigenvalue weighted by Crippen LogP contribution is 2.26. The van der Waals surface area contributed by atoms with E-state index in [1.807, 2.05) is 4.72 Å². The minimum absolute atomic E-state index is 0.0242. The Labute approximate surface area is 113 Å². The zero-order valence-corrected chi connectivity index (χ0v) is 10.9. The summed E-state index contributed by atoms with van der Waals surface area (Å²) in [7, 11) is -4.16. The summed E-state index contributed by atoms with van der Waals surface area (Å²) in [5, 5.41) is 19.2. The number of hydrogen-bond donors (Lipinski definition) is 2. The number of benzene rings is 1. The Kier molecular flexibility index (Phi) is 4.81. The lowest BCUT2D eigenvalue weighted by atomic mass is 10.3. The fourth-order valence-corrected chi connectivity index (χ4v) is 2.58. The lowest BCUT2D eigenvalue weighted by Crippen LogP contribution is -2.26. The zero-order valence-electron chi connectivity index (χ0n) is 9.37. The number of nitro benzene ring substituents is 1. The molecule has 0 saturated carbocycles. The third-order valence-electron chi connectivity index (χ3n) is 2.04. The lowest BCUT2D eigenvalue weighted by Gasteiger charge is -2.06. The average molecular weight is 309 g/mol. The summed E-state index contributed by atoms with van der Waals surface area (Å²) in [6, 6.07) is 3.09. The van der Waals surface area contributed by atoms with Crippen LogP contribution in [0.3, 0.4) is 0 Å². The molecule has 0 aliphatic carbocycles. The number of nitro groups is 1. The van der Waals surface area contributed by atoms with Crippen molar-refractivity contribution in [3.63, 3.8) is 0 Å². The Bertz CT molecular complexity index is 615. The van der Waals surface area contributed by atoms with Gasteiger partial charge in [0.2, 0.25) is 10.0 Å². The molecule has 1 aromatic carbocycles. The second kappa shape index (κ2) is 5.95. The highest BCUT2D eigenvalue weighted by molar-refractivity contribution is 7.89. The van der Waals surface area contributed by atoms with Gasteiger partial charge in [-0.15, -0.1) is 0 Å². The molecule has 1 aromatic rings. The molecule has 0 saturated heterocycles. The van der Waals surface area contributed by atoms with Crippen molar-refractivity contribution in [1.82, 2.24) is 4.72 Å². The van der Waals surface area contributed by atoms with Gasteiger partial charge in [0.25, 0.3) is 5.69 Å². The van der Waals surface area contributed by atoms with Crippen molar-refractivity contribution in [3.05, 3.63) is 33.3 Å². The molecule has 8 nitrogen and oxygen atoms in total. The molecule has 0 aliphatic rings. The predicted molar refractivity (Wildman–Crippen MR) is 65.5 cm³/mol. The van der Waals surface area contributed by atoms with Gasteiger partial charge in [0.05, 0.1) is 11.3 Å². The van der Waals surface area contributed by atoms with E-state index in [-0.39, 0.29) is 11.6 Å². The van der Waals surface area contributed by atoms with E-state index >= 15 is 0 Å². The van der Waals surface area contributed by atoms with E-state index in [4.69, 9.17) is 16.7 Å². The van der Waals surface area contributed by atoms with Crippen molar-refractivity contribution in [3.8, 4) is 0 Å². The van der Waals surface area contributed by atoms with Crippen LogP contribution in [-0.4, -0.2) is 31.0 Å². The number of halogens is 1. The molecular formula is C9H9ClN2O6S.